The highest BCUT2D eigenvalue weighted by molar-refractivity contribution is 5.25. The highest BCUT2D eigenvalue weighted by Gasteiger charge is 2.61. The van der Waals surface area contributed by atoms with Crippen molar-refractivity contribution < 1.29 is 10.2 Å². The fraction of sp³-hybridized carbons (Fsp3) is 0.963. The molecule has 8 aliphatic rings. The van der Waals surface area contributed by atoms with Crippen molar-refractivity contribution in [2.24, 2.45) is 98.6 Å². The van der Waals surface area contributed by atoms with Crippen molar-refractivity contribution in [3.8, 4) is 0 Å². The van der Waals surface area contributed by atoms with E-state index in [0.29, 0.717) is 34.2 Å². The number of aliphatic hydroxyl groups excluding tert-OH is 2. The van der Waals surface area contributed by atoms with Crippen molar-refractivity contribution in [2.45, 2.75) is 223 Å². The molecule has 2 heteroatoms. The summed E-state index contributed by atoms with van der Waals surface area (Å²) in [6.45, 7) is 23.1. The van der Waals surface area contributed by atoms with Gasteiger partial charge in [-0.05, 0) is 208 Å². The lowest BCUT2D eigenvalue weighted by Gasteiger charge is -2.61. The third kappa shape index (κ3) is 8.09. The Bertz CT molecular complexity index is 1320. The maximum absolute atomic E-state index is 10.2. The molecule has 2 N–H and O–H groups in total. The van der Waals surface area contributed by atoms with Gasteiger partial charge < -0.3 is 10.2 Å². The lowest BCUT2D eigenvalue weighted by Crippen LogP contribution is -2.53. The molecule has 0 saturated heterocycles. The van der Waals surface area contributed by atoms with Crippen molar-refractivity contribution in [3.05, 3.63) is 11.6 Å². The minimum Gasteiger partial charge on any atom is -0.396 e. The van der Waals surface area contributed by atoms with Gasteiger partial charge in [0.05, 0.1) is 6.10 Å². The first-order chi connectivity index (χ1) is 26.7. The van der Waals surface area contributed by atoms with Gasteiger partial charge in [-0.2, -0.15) is 0 Å². The Morgan fingerprint density at radius 2 is 1.20 bits per heavy atom. The summed E-state index contributed by atoms with van der Waals surface area (Å²) in [5, 5.41) is 19.5. The summed E-state index contributed by atoms with van der Waals surface area (Å²) in [6.07, 6.45) is 36.3. The zero-order chi connectivity index (χ0) is 40.0. The van der Waals surface area contributed by atoms with Gasteiger partial charge in [-0.3, -0.25) is 0 Å². The van der Waals surface area contributed by atoms with Crippen LogP contribution in [0.25, 0.3) is 0 Å². The quantitative estimate of drug-likeness (QED) is 0.205. The van der Waals surface area contributed by atoms with E-state index in [4.69, 9.17) is 0 Å². The van der Waals surface area contributed by atoms with E-state index in [-0.39, 0.29) is 6.10 Å². The zero-order valence-electron chi connectivity index (χ0n) is 38.7. The third-order valence-corrected chi connectivity index (χ3v) is 21.3. The van der Waals surface area contributed by atoms with Crippen LogP contribution < -0.4 is 0 Å². The highest BCUT2D eigenvalue weighted by Crippen LogP contribution is 2.69. The Labute approximate surface area is 348 Å². The van der Waals surface area contributed by atoms with Crippen LogP contribution >= 0.6 is 0 Å². The van der Waals surface area contributed by atoms with Crippen LogP contribution in [0.1, 0.15) is 216 Å². The van der Waals surface area contributed by atoms with E-state index in [1.165, 1.54) is 128 Å². The second-order valence-corrected chi connectivity index (χ2v) is 24.5. The van der Waals surface area contributed by atoms with E-state index in [9.17, 15) is 10.2 Å². The first-order valence-corrected chi connectivity index (χ1v) is 25.6. The van der Waals surface area contributed by atoms with Crippen molar-refractivity contribution in [1.82, 2.24) is 0 Å². The first kappa shape index (κ1) is 43.7. The molecule has 0 heterocycles. The molecule has 8 aliphatic carbocycles. The molecule has 2 unspecified atom stereocenters. The Hall–Kier alpha value is -0.340. The maximum Gasteiger partial charge on any atom is 0.0577 e. The molecule has 0 aromatic heterocycles. The van der Waals surface area contributed by atoms with Gasteiger partial charge in [0.2, 0.25) is 0 Å². The van der Waals surface area contributed by atoms with Gasteiger partial charge >= 0.3 is 0 Å². The van der Waals surface area contributed by atoms with Crippen LogP contribution in [0, 0.1) is 98.6 Å². The molecule has 56 heavy (non-hydrogen) atoms. The van der Waals surface area contributed by atoms with Crippen molar-refractivity contribution in [2.75, 3.05) is 6.61 Å². The minimum absolute atomic E-state index is 0.0766. The minimum atomic E-state index is -0.0766. The van der Waals surface area contributed by atoms with E-state index in [1.54, 1.807) is 18.4 Å². The molecule has 0 bridgehead atoms. The molecular weight excluding hydrogens is 681 g/mol. The number of hydrogen-bond donors (Lipinski definition) is 2. The number of hydrogen-bond acceptors (Lipinski definition) is 2. The monoisotopic (exact) mass is 775 g/mol. The molecule has 0 spiro atoms. The van der Waals surface area contributed by atoms with Crippen LogP contribution in [0.5, 0.6) is 0 Å². The summed E-state index contributed by atoms with van der Waals surface area (Å²) < 4.78 is 0. The summed E-state index contributed by atoms with van der Waals surface area (Å²) in [4.78, 5) is 0. The fourth-order valence-corrected chi connectivity index (χ4v) is 18.0. The summed E-state index contributed by atoms with van der Waals surface area (Å²) in [5.41, 5.74) is 3.92. The largest absolute Gasteiger partial charge is 0.396 e. The van der Waals surface area contributed by atoms with Crippen LogP contribution in [0.2, 0.25) is 0 Å². The van der Waals surface area contributed by atoms with E-state index >= 15 is 0 Å². The molecule has 8 rings (SSSR count). The van der Waals surface area contributed by atoms with Crippen LogP contribution in [0.4, 0.5) is 0 Å². The van der Waals surface area contributed by atoms with Gasteiger partial charge in [0.1, 0.15) is 0 Å². The number of rotatable bonds is 11. The molecular formula is C54H94O2. The van der Waals surface area contributed by atoms with Gasteiger partial charge in [0.25, 0.3) is 0 Å². The molecule has 0 radical (unpaired) electrons. The average molecular weight is 775 g/mol. The second kappa shape index (κ2) is 17.6. The van der Waals surface area contributed by atoms with E-state index in [1.807, 2.05) is 0 Å². The van der Waals surface area contributed by atoms with Crippen LogP contribution in [-0.4, -0.2) is 22.9 Å². The predicted molar refractivity (Wildman–Crippen MR) is 238 cm³/mol. The molecule has 0 aliphatic heterocycles. The second-order valence-electron chi connectivity index (χ2n) is 24.5. The van der Waals surface area contributed by atoms with Gasteiger partial charge in [0, 0.05) is 6.61 Å². The van der Waals surface area contributed by atoms with Gasteiger partial charge in [-0.25, -0.2) is 0 Å². The molecule has 2 nitrogen and oxygen atoms in total. The SMILES string of the molecule is CC(C)CCC[C@@H](C)[C@H]1CC[C@H]2[C@@H]3CC=C4C[C@@H](O)CC[C@]4(C)[C@H]3CC[C@]12C.CC(CO)CCC[C@@H](C)[C@H]1CC[C@H]2[C@@H]3CCC4CCCC[C@]4(C)[C@H]3CC[C@]12C. The van der Waals surface area contributed by atoms with E-state index < -0.39 is 0 Å². The standard InChI is InChI=1S/C27H46O.C27H48O/c1-18(2)7-6-8-19(3)23-11-12-24-22-10-9-20-17-21(28)13-15-26(20,4)25(22)14-16-27(23,24)5;1-19(18-28)8-7-9-20(2)23-13-14-24-22-12-11-21-10-5-6-16-26(21,3)25(22)15-17-27(23,24)4/h9,18-19,21-25,28H,6-8,10-17H2,1-5H3;19-25,28H,5-18H2,1-4H3/t19-,21+,22+,23-,24+,25+,26+,27-;19?,20-,21?,22+,23-,24+,25+,26+,27-/m11/s1. The van der Waals surface area contributed by atoms with Gasteiger partial charge in [0.15, 0.2) is 0 Å². The highest BCUT2D eigenvalue weighted by atomic mass is 16.3. The molecule has 0 aromatic carbocycles. The normalized spacial score (nSPS) is 47.1. The van der Waals surface area contributed by atoms with Crippen LogP contribution in [-0.2, 0) is 0 Å². The molecule has 0 aromatic rings. The van der Waals surface area contributed by atoms with Gasteiger partial charge in [-0.15, -0.1) is 0 Å². The Kier molecular flexibility index (Phi) is 13.7. The summed E-state index contributed by atoms with van der Waals surface area (Å²) in [5.74, 6) is 11.9. The summed E-state index contributed by atoms with van der Waals surface area (Å²) >= 11 is 0. The number of allylic oxidation sites excluding steroid dienone is 1. The van der Waals surface area contributed by atoms with Crippen molar-refractivity contribution in [3.63, 3.8) is 0 Å². The van der Waals surface area contributed by atoms with E-state index in [0.717, 1.165) is 83.9 Å². The molecule has 7 saturated carbocycles. The molecule has 7 fully saturated rings. The van der Waals surface area contributed by atoms with Crippen molar-refractivity contribution in [1.29, 1.82) is 0 Å². The number of aliphatic hydroxyl groups is 2. The predicted octanol–water partition coefficient (Wildman–Crippen LogP) is 14.9. The fourth-order valence-electron chi connectivity index (χ4n) is 18.0. The zero-order valence-corrected chi connectivity index (χ0v) is 38.7. The number of fused-ring (bicyclic) bond motifs is 10. The summed E-state index contributed by atoms with van der Waals surface area (Å²) in [6, 6.07) is 0. The molecule has 17 atom stereocenters. The third-order valence-electron chi connectivity index (χ3n) is 21.3. The van der Waals surface area contributed by atoms with E-state index in [2.05, 4.69) is 68.4 Å². The first-order valence-electron chi connectivity index (χ1n) is 25.6. The van der Waals surface area contributed by atoms with Crippen LogP contribution in [0.15, 0.2) is 11.6 Å². The maximum atomic E-state index is 10.2. The smallest absolute Gasteiger partial charge is 0.0577 e. The Morgan fingerprint density at radius 3 is 1.84 bits per heavy atom. The molecule has 0 amide bonds. The van der Waals surface area contributed by atoms with Crippen molar-refractivity contribution >= 4 is 0 Å². The topological polar surface area (TPSA) is 40.5 Å². The van der Waals surface area contributed by atoms with Gasteiger partial charge in [-0.1, -0.05) is 119 Å². The lowest BCUT2D eigenvalue weighted by molar-refractivity contribution is -0.114. The lowest BCUT2D eigenvalue weighted by atomic mass is 9.44. The average Bonchev–Trinajstić information content (AvgIpc) is 3.71. The Balaban J connectivity index is 0.000000172. The Morgan fingerprint density at radius 1 is 0.589 bits per heavy atom. The summed E-state index contributed by atoms with van der Waals surface area (Å²) in [7, 11) is 0. The van der Waals surface area contributed by atoms with Crippen LogP contribution in [0.3, 0.4) is 0 Å². The molecule has 322 valence electrons.